The summed E-state index contributed by atoms with van der Waals surface area (Å²) in [6, 6.07) is 6.52. The summed E-state index contributed by atoms with van der Waals surface area (Å²) in [7, 11) is -14.5. The summed E-state index contributed by atoms with van der Waals surface area (Å²) in [5.41, 5.74) is 9.88. The van der Waals surface area contributed by atoms with Crippen LogP contribution < -0.4 is 16.8 Å². The molecule has 0 amide bonds. The third kappa shape index (κ3) is 6.03. The summed E-state index contributed by atoms with van der Waals surface area (Å²) in [5, 5.41) is 20.4. The molecule has 21 heteroatoms. The molecular formula is C19H16N8O10S3. The first-order chi connectivity index (χ1) is 18.4. The molecule has 0 spiro atoms. The number of aromatic nitrogens is 3. The molecule has 9 N–H and O–H groups in total. The molecule has 40 heavy (non-hydrogen) atoms. The van der Waals surface area contributed by atoms with Gasteiger partial charge in [0.15, 0.2) is 5.75 Å². The Balaban J connectivity index is 1.99. The first-order valence-electron chi connectivity index (χ1n) is 10.3. The van der Waals surface area contributed by atoms with Crippen LogP contribution in [0.3, 0.4) is 0 Å². The third-order valence-electron chi connectivity index (χ3n) is 5.02. The highest BCUT2D eigenvalue weighted by molar-refractivity contribution is 7.86. The van der Waals surface area contributed by atoms with Gasteiger partial charge in [0.1, 0.15) is 10.6 Å². The number of rotatable bonds is 7. The second kappa shape index (κ2) is 9.89. The van der Waals surface area contributed by atoms with E-state index in [1.165, 1.54) is 0 Å². The fourth-order valence-electron chi connectivity index (χ4n) is 3.38. The number of fused-ring (bicyclic) bond motifs is 1. The van der Waals surface area contributed by atoms with Crippen LogP contribution in [-0.2, 0) is 30.4 Å². The molecule has 4 rings (SSSR count). The lowest BCUT2D eigenvalue weighted by molar-refractivity contribution is 0.472. The Kier molecular flexibility index (Phi) is 7.04. The maximum absolute atomic E-state index is 12.2. The molecule has 0 radical (unpaired) electrons. The Morgan fingerprint density at radius 1 is 0.725 bits per heavy atom. The van der Waals surface area contributed by atoms with Crippen LogP contribution in [0.5, 0.6) is 5.75 Å². The van der Waals surface area contributed by atoms with E-state index in [1.54, 1.807) is 0 Å². The number of nitrogen functional groups attached to an aromatic ring is 2. The number of nitrogens with zero attached hydrogens (tertiary/aromatic N) is 5. The molecule has 0 aliphatic carbocycles. The molecule has 0 fully saturated rings. The first-order valence-corrected chi connectivity index (χ1v) is 14.6. The van der Waals surface area contributed by atoms with E-state index < -0.39 is 56.5 Å². The van der Waals surface area contributed by atoms with Gasteiger partial charge in [0, 0.05) is 5.39 Å². The van der Waals surface area contributed by atoms with Crippen molar-refractivity contribution >= 4 is 76.0 Å². The van der Waals surface area contributed by atoms with Crippen LogP contribution in [0.25, 0.3) is 10.8 Å². The van der Waals surface area contributed by atoms with Crippen molar-refractivity contribution in [1.29, 1.82) is 0 Å². The number of azo groups is 1. The van der Waals surface area contributed by atoms with E-state index in [2.05, 4.69) is 30.5 Å². The second-order valence-electron chi connectivity index (χ2n) is 7.76. The van der Waals surface area contributed by atoms with Gasteiger partial charge in [0.25, 0.3) is 30.4 Å². The average Bonchev–Trinajstić information content (AvgIpc) is 2.81. The summed E-state index contributed by atoms with van der Waals surface area (Å²) >= 11 is 0. The highest BCUT2D eigenvalue weighted by atomic mass is 32.2. The molecule has 3 aromatic carbocycles. The van der Waals surface area contributed by atoms with Gasteiger partial charge in [-0.2, -0.15) is 45.3 Å². The van der Waals surface area contributed by atoms with Crippen molar-refractivity contribution in [2.24, 2.45) is 10.2 Å². The molecule has 0 bridgehead atoms. The number of nitrogens with one attached hydrogen (secondary N) is 1. The summed E-state index contributed by atoms with van der Waals surface area (Å²) in [5.74, 6) is -1.95. The maximum atomic E-state index is 12.2. The zero-order chi connectivity index (χ0) is 29.6. The Labute approximate surface area is 224 Å². The molecule has 0 aliphatic heterocycles. The van der Waals surface area contributed by atoms with E-state index in [9.17, 15) is 39.5 Å². The van der Waals surface area contributed by atoms with Gasteiger partial charge in [-0.15, -0.1) is 5.11 Å². The van der Waals surface area contributed by atoms with E-state index in [4.69, 9.17) is 16.0 Å². The third-order valence-corrected chi connectivity index (χ3v) is 7.58. The van der Waals surface area contributed by atoms with Crippen molar-refractivity contribution in [2.75, 3.05) is 16.8 Å². The van der Waals surface area contributed by atoms with Crippen molar-refractivity contribution < 1.29 is 44.0 Å². The molecule has 1 heterocycles. The number of benzene rings is 3. The Hall–Kier alpha value is -4.54. The van der Waals surface area contributed by atoms with Crippen molar-refractivity contribution in [2.45, 2.75) is 14.7 Å². The Morgan fingerprint density at radius 2 is 1.30 bits per heavy atom. The number of hydrogen-bond donors (Lipinski definition) is 7. The van der Waals surface area contributed by atoms with Crippen molar-refractivity contribution in [1.82, 2.24) is 15.0 Å². The number of hydrogen-bond acceptors (Lipinski definition) is 15. The van der Waals surface area contributed by atoms with Crippen LogP contribution >= 0.6 is 0 Å². The largest absolute Gasteiger partial charge is 0.505 e. The van der Waals surface area contributed by atoms with E-state index in [0.29, 0.717) is 0 Å². The minimum atomic E-state index is -5.13. The smallest absolute Gasteiger partial charge is 0.296 e. The Bertz CT molecular complexity index is 2010. The molecule has 0 aliphatic rings. The lowest BCUT2D eigenvalue weighted by Crippen LogP contribution is -2.08. The van der Waals surface area contributed by atoms with Crippen LogP contribution in [0, 0.1) is 0 Å². The van der Waals surface area contributed by atoms with Crippen molar-refractivity contribution in [3.8, 4) is 5.75 Å². The number of anilines is 4. The SMILES string of the molecule is Nc1nc(N)nc(Nc2cc(S(=O)(=O)O)cc3cc(S(=O)(=O)O)c(N=Nc4ccc(S(=O)(=O)O)cc4)c(O)c23)n1. The predicted octanol–water partition coefficient (Wildman–Crippen LogP) is 1.79. The van der Waals surface area contributed by atoms with Gasteiger partial charge in [-0.05, 0) is 47.9 Å². The summed E-state index contributed by atoms with van der Waals surface area (Å²) in [4.78, 5) is 8.88. The lowest BCUT2D eigenvalue weighted by atomic mass is 10.1. The number of phenols is 1. The minimum absolute atomic E-state index is 0.0654. The van der Waals surface area contributed by atoms with Gasteiger partial charge < -0.3 is 21.9 Å². The molecule has 18 nitrogen and oxygen atoms in total. The fourth-order valence-corrected chi connectivity index (χ4v) is 5.06. The van der Waals surface area contributed by atoms with Gasteiger partial charge in [-0.1, -0.05) is 0 Å². The second-order valence-corrected chi connectivity index (χ2v) is 12.0. The zero-order valence-corrected chi connectivity index (χ0v) is 21.8. The average molecular weight is 613 g/mol. The Morgan fingerprint density at radius 3 is 1.82 bits per heavy atom. The molecule has 0 unspecified atom stereocenters. The highest BCUT2D eigenvalue weighted by Crippen LogP contribution is 2.45. The standard InChI is InChI=1S/C19H16N8O10S3/c20-17-23-18(21)25-19(24-17)22-12-7-11(39(32,33)34)5-8-6-13(40(35,36)37)15(16(28)14(8)12)27-26-9-1-3-10(4-2-9)38(29,30)31/h1-7,28H,(H,29,30,31)(H,32,33,34)(H,35,36,37)(H5,20,21,22,23,24,25). The summed E-state index contributed by atoms with van der Waals surface area (Å²) in [6.07, 6.45) is 0. The van der Waals surface area contributed by atoms with Crippen LogP contribution in [-0.4, -0.2) is 59.0 Å². The van der Waals surface area contributed by atoms with Gasteiger partial charge in [-0.3, -0.25) is 13.7 Å². The topological polar surface area (TPSA) is 311 Å². The van der Waals surface area contributed by atoms with Gasteiger partial charge in [0.05, 0.1) is 21.2 Å². The van der Waals surface area contributed by atoms with Gasteiger partial charge in [-0.25, -0.2) is 0 Å². The summed E-state index contributed by atoms with van der Waals surface area (Å²) in [6.45, 7) is 0. The first kappa shape index (κ1) is 28.5. The van der Waals surface area contributed by atoms with Crippen LogP contribution in [0.2, 0.25) is 0 Å². The number of aromatic hydroxyl groups is 1. The lowest BCUT2D eigenvalue weighted by Gasteiger charge is -2.15. The van der Waals surface area contributed by atoms with E-state index in [-0.39, 0.29) is 40.0 Å². The molecule has 4 aromatic rings. The van der Waals surface area contributed by atoms with E-state index >= 15 is 0 Å². The molecule has 1 aromatic heterocycles. The normalized spacial score (nSPS) is 12.7. The van der Waals surface area contributed by atoms with Crippen molar-refractivity contribution in [3.63, 3.8) is 0 Å². The fraction of sp³-hybridized carbons (Fsp3) is 0. The van der Waals surface area contributed by atoms with Crippen LogP contribution in [0.1, 0.15) is 0 Å². The van der Waals surface area contributed by atoms with Crippen molar-refractivity contribution in [3.05, 3.63) is 42.5 Å². The number of nitrogens with two attached hydrogens (primary N) is 2. The number of phenolic OH excluding ortho intramolecular Hbond substituents is 1. The quantitative estimate of drug-likeness (QED) is 0.115. The zero-order valence-electron chi connectivity index (χ0n) is 19.4. The molecule has 0 saturated heterocycles. The molecule has 210 valence electrons. The minimum Gasteiger partial charge on any atom is -0.505 e. The van der Waals surface area contributed by atoms with E-state index in [0.717, 1.165) is 42.5 Å². The van der Waals surface area contributed by atoms with E-state index in [1.807, 2.05) is 0 Å². The van der Waals surface area contributed by atoms with Gasteiger partial charge in [0.2, 0.25) is 17.8 Å². The van der Waals surface area contributed by atoms with Gasteiger partial charge >= 0.3 is 0 Å². The molecule has 0 saturated carbocycles. The highest BCUT2D eigenvalue weighted by Gasteiger charge is 2.26. The summed E-state index contributed by atoms with van der Waals surface area (Å²) < 4.78 is 99.1. The van der Waals surface area contributed by atoms with Crippen LogP contribution in [0.4, 0.5) is 34.9 Å². The maximum Gasteiger partial charge on any atom is 0.296 e. The predicted molar refractivity (Wildman–Crippen MR) is 138 cm³/mol. The monoisotopic (exact) mass is 612 g/mol. The molecule has 0 atom stereocenters. The molecular weight excluding hydrogens is 596 g/mol. The van der Waals surface area contributed by atoms with Crippen LogP contribution in [0.15, 0.2) is 67.4 Å².